The van der Waals surface area contributed by atoms with Crippen LogP contribution in [0.5, 0.6) is 0 Å². The maximum Gasteiger partial charge on any atom is 0.366 e. The van der Waals surface area contributed by atoms with E-state index >= 15 is 0 Å². The highest BCUT2D eigenvalue weighted by Crippen LogP contribution is 2.07. The van der Waals surface area contributed by atoms with Gasteiger partial charge in [-0.3, -0.25) is 4.98 Å². The van der Waals surface area contributed by atoms with Crippen LogP contribution in [0, 0.1) is 0 Å². The average Bonchev–Trinajstić information content (AvgIpc) is 2.50. The number of hydrogen-bond donors (Lipinski definition) is 0. The molecule has 100 valence electrons. The van der Waals surface area contributed by atoms with Gasteiger partial charge in [-0.15, -0.1) is 17.0 Å². The van der Waals surface area contributed by atoms with Crippen LogP contribution in [0.1, 0.15) is 5.56 Å². The number of hydrogen-bond acceptors (Lipinski definition) is 1. The first-order valence-electron chi connectivity index (χ1n) is 6.74. The molecule has 2 aromatic carbocycles. The second-order valence-corrected chi connectivity index (χ2v) is 5.93. The zero-order valence-corrected chi connectivity index (χ0v) is 13.9. The third kappa shape index (κ3) is 5.49. The summed E-state index contributed by atoms with van der Waals surface area (Å²) in [5.74, 6) is 0. The van der Waals surface area contributed by atoms with Gasteiger partial charge in [0.25, 0.3) is 0 Å². The summed E-state index contributed by atoms with van der Waals surface area (Å²) in [6, 6.07) is 22.8. The molecule has 20 heavy (non-hydrogen) atoms. The fourth-order valence-corrected chi connectivity index (χ4v) is 2.86. The van der Waals surface area contributed by atoms with Crippen molar-refractivity contribution in [2.24, 2.45) is 0 Å². The number of fused-ring (bicyclic) bond motifs is 1. The number of rotatable bonds is 2. The first kappa shape index (κ1) is 17.0. The topological polar surface area (TPSA) is 12.9 Å². The van der Waals surface area contributed by atoms with Crippen molar-refractivity contribution in [3.05, 3.63) is 78.5 Å². The third-order valence-corrected chi connectivity index (χ3v) is 3.97. The fraction of sp³-hybridized carbons (Fsp3) is 0.118. The van der Waals surface area contributed by atoms with E-state index in [-0.39, 0.29) is 32.8 Å². The van der Waals surface area contributed by atoms with Gasteiger partial charge in [-0.1, -0.05) is 60.2 Å². The Morgan fingerprint density at radius 2 is 1.50 bits per heavy atom. The highest BCUT2D eigenvalue weighted by molar-refractivity contribution is 6.32. The van der Waals surface area contributed by atoms with Gasteiger partial charge in [-0.05, 0) is 12.1 Å². The molecule has 0 radical (unpaired) electrons. The van der Waals surface area contributed by atoms with Crippen LogP contribution >= 0.6 is 12.4 Å². The Labute approximate surface area is 136 Å². The largest absolute Gasteiger partial charge is 0.366 e. The lowest BCUT2D eigenvalue weighted by atomic mass is 10.2. The molecular weight excluding hydrogens is 278 g/mol. The van der Waals surface area contributed by atoms with Crippen LogP contribution in [0.25, 0.3) is 10.9 Å². The maximum atomic E-state index is 4.18. The van der Waals surface area contributed by atoms with Gasteiger partial charge in [0.05, 0.1) is 5.52 Å². The highest BCUT2D eigenvalue weighted by Gasteiger charge is 1.88. The first-order chi connectivity index (χ1) is 9.40. The van der Waals surface area contributed by atoms with Gasteiger partial charge in [0.2, 0.25) is 0 Å². The number of halogens is 1. The normalized spacial score (nSPS) is 8.85. The lowest BCUT2D eigenvalue weighted by Gasteiger charge is -1.93. The summed E-state index contributed by atoms with van der Waals surface area (Å²) >= 11 is 0.216. The van der Waals surface area contributed by atoms with Gasteiger partial charge in [0.15, 0.2) is 0 Å². The van der Waals surface area contributed by atoms with E-state index < -0.39 is 0 Å². The van der Waals surface area contributed by atoms with Crippen molar-refractivity contribution >= 4 is 43.7 Å². The van der Waals surface area contributed by atoms with Crippen LogP contribution in [0.3, 0.4) is 0 Å². The number of benzene rings is 2. The van der Waals surface area contributed by atoms with Crippen molar-refractivity contribution in [2.75, 3.05) is 0 Å². The summed E-state index contributed by atoms with van der Waals surface area (Å²) in [7, 11) is 0. The Hall–Kier alpha value is -1.09. The van der Waals surface area contributed by atoms with Crippen molar-refractivity contribution in [3.8, 4) is 0 Å². The molecule has 0 aliphatic heterocycles. The molecule has 0 N–H and O–H groups in total. The van der Waals surface area contributed by atoms with E-state index in [9.17, 15) is 0 Å². The lowest BCUT2D eigenvalue weighted by Crippen LogP contribution is -1.88. The molecule has 0 saturated heterocycles. The van der Waals surface area contributed by atoms with Crippen LogP contribution in [-0.2, 0) is 4.55 Å². The molecule has 0 spiro atoms. The van der Waals surface area contributed by atoms with Crippen LogP contribution < -0.4 is 0 Å². The molecule has 1 nitrogen and oxygen atoms in total. The van der Waals surface area contributed by atoms with E-state index in [4.69, 9.17) is 0 Å². The van der Waals surface area contributed by atoms with Gasteiger partial charge in [0.1, 0.15) is 0 Å². The van der Waals surface area contributed by atoms with Crippen LogP contribution in [0.4, 0.5) is 0 Å². The predicted molar refractivity (Wildman–Crippen MR) is 90.8 cm³/mol. The van der Waals surface area contributed by atoms with Gasteiger partial charge >= 0.3 is 20.4 Å². The van der Waals surface area contributed by atoms with E-state index in [1.54, 1.807) is 0 Å². The number of aromatic nitrogens is 1. The molecule has 3 aromatic rings. The van der Waals surface area contributed by atoms with Crippen LogP contribution in [0.2, 0.25) is 5.05 Å². The lowest BCUT2D eigenvalue weighted by molar-refractivity contribution is 1.38. The number of nitrogens with zero attached hydrogens (tertiary/aromatic N) is 1. The minimum atomic E-state index is 0. The summed E-state index contributed by atoms with van der Waals surface area (Å²) < 4.78 is 1.35. The number of para-hydroxylation sites is 1. The van der Waals surface area contributed by atoms with E-state index in [1.165, 1.54) is 15.5 Å². The van der Waals surface area contributed by atoms with Crippen molar-refractivity contribution in [2.45, 2.75) is 9.60 Å². The van der Waals surface area contributed by atoms with Crippen LogP contribution in [-0.4, -0.2) is 25.3 Å². The Bertz CT molecular complexity index is 548. The Morgan fingerprint density at radius 3 is 2.20 bits per heavy atom. The van der Waals surface area contributed by atoms with Gasteiger partial charge in [-0.2, -0.15) is 5.05 Å². The summed E-state index contributed by atoms with van der Waals surface area (Å²) in [5.41, 5.74) is 2.57. The third-order valence-electron chi connectivity index (χ3n) is 2.89. The first-order valence-corrected chi connectivity index (χ1v) is 9.15. The molecule has 0 bridgehead atoms. The van der Waals surface area contributed by atoms with Gasteiger partial charge in [0, 0.05) is 11.6 Å². The van der Waals surface area contributed by atoms with Crippen molar-refractivity contribution < 1.29 is 0 Å². The average molecular weight is 296 g/mol. The van der Waals surface area contributed by atoms with Crippen molar-refractivity contribution in [3.63, 3.8) is 0 Å². The molecule has 0 atom stereocenters. The zero-order chi connectivity index (χ0) is 13.3. The van der Waals surface area contributed by atoms with E-state index in [0.717, 1.165) is 5.52 Å². The second kappa shape index (κ2) is 9.75. The minimum Gasteiger partial charge on any atom is -0.256 e. The second-order valence-electron chi connectivity index (χ2n) is 4.43. The zero-order valence-electron chi connectivity index (χ0n) is 11.7. The monoisotopic (exact) mass is 295 g/mol. The number of pyridine rings is 1. The quantitative estimate of drug-likeness (QED) is 0.630. The van der Waals surface area contributed by atoms with Crippen LogP contribution in [0.15, 0.2) is 72.9 Å². The smallest absolute Gasteiger partial charge is 0.256 e. The molecule has 0 aliphatic rings. The molecular formula is C17H18ClMgN. The summed E-state index contributed by atoms with van der Waals surface area (Å²) in [6.07, 6.45) is 1.81. The van der Waals surface area contributed by atoms with Gasteiger partial charge < -0.3 is 0 Å². The molecule has 3 heteroatoms. The molecule has 0 unspecified atom stereocenters. The predicted octanol–water partition coefficient (Wildman–Crippen LogP) is 4.60. The highest BCUT2D eigenvalue weighted by atomic mass is 35.5. The molecule has 0 fully saturated rings. The Kier molecular flexibility index (Phi) is 8.27. The Balaban J connectivity index is 0.000000192. The SMILES string of the molecule is Cl.[CH3][Mg][CH2]c1ccccc1.c1ccc2ncccc2c1. The molecule has 0 amide bonds. The minimum absolute atomic E-state index is 0. The molecule has 1 heterocycles. The van der Waals surface area contributed by atoms with Crippen molar-refractivity contribution in [1.29, 1.82) is 0 Å². The fourth-order valence-electron chi connectivity index (χ4n) is 1.95. The molecule has 0 saturated carbocycles. The standard InChI is InChI=1S/C9H7N.C7H7.CH3.ClH.Mg/c1-2-6-9-8(4-1)5-3-7-10-9;1-7-5-3-2-4-6-7;;;/h1-7H;2-6H,1H2;1H3;1H;. The Morgan fingerprint density at radius 1 is 0.850 bits per heavy atom. The molecule has 1 aromatic heterocycles. The van der Waals surface area contributed by atoms with E-state index in [0.29, 0.717) is 0 Å². The van der Waals surface area contributed by atoms with E-state index in [2.05, 4.69) is 52.5 Å². The summed E-state index contributed by atoms with van der Waals surface area (Å²) in [6.45, 7) is 0. The van der Waals surface area contributed by atoms with Gasteiger partial charge in [-0.25, -0.2) is 0 Å². The van der Waals surface area contributed by atoms with Crippen molar-refractivity contribution in [1.82, 2.24) is 4.98 Å². The molecule has 3 rings (SSSR count). The van der Waals surface area contributed by atoms with E-state index in [1.807, 2.05) is 30.5 Å². The summed E-state index contributed by atoms with van der Waals surface area (Å²) in [4.78, 5) is 4.18. The molecule has 0 aliphatic carbocycles. The maximum absolute atomic E-state index is 4.18. The summed E-state index contributed by atoms with van der Waals surface area (Å²) in [5, 5.41) is 3.54.